The number of alkyl halides is 1. The molecule has 1 aromatic rings. The molecule has 1 aromatic heterocycles. The van der Waals surface area contributed by atoms with Crippen molar-refractivity contribution in [1.82, 2.24) is 13.9 Å². The number of halogens is 1. The summed E-state index contributed by atoms with van der Waals surface area (Å²) in [7, 11) is -1.69. The van der Waals surface area contributed by atoms with E-state index in [4.69, 9.17) is 11.6 Å². The molecule has 0 aliphatic heterocycles. The van der Waals surface area contributed by atoms with Crippen molar-refractivity contribution in [3.8, 4) is 0 Å². The summed E-state index contributed by atoms with van der Waals surface area (Å²) in [4.78, 5) is 4.15. The molecular weight excluding hydrogens is 286 g/mol. The second-order valence-electron chi connectivity index (χ2n) is 4.98. The van der Waals surface area contributed by atoms with Gasteiger partial charge < -0.3 is 4.57 Å². The van der Waals surface area contributed by atoms with Crippen LogP contribution in [0.4, 0.5) is 0 Å². The summed E-state index contributed by atoms with van der Waals surface area (Å²) >= 11 is 5.70. The van der Waals surface area contributed by atoms with Crippen LogP contribution in [0.3, 0.4) is 0 Å². The minimum absolute atomic E-state index is 0.121. The van der Waals surface area contributed by atoms with Gasteiger partial charge in [0.15, 0.2) is 5.03 Å². The lowest BCUT2D eigenvalue weighted by atomic mass is 9.93. The van der Waals surface area contributed by atoms with Crippen LogP contribution in [0.25, 0.3) is 0 Å². The third-order valence-corrected chi connectivity index (χ3v) is 5.74. The molecule has 0 unspecified atom stereocenters. The molecule has 1 saturated carbocycles. The van der Waals surface area contributed by atoms with E-state index in [-0.39, 0.29) is 11.1 Å². The summed E-state index contributed by atoms with van der Waals surface area (Å²) < 4.78 is 28.6. The van der Waals surface area contributed by atoms with Gasteiger partial charge in [0.2, 0.25) is 0 Å². The van der Waals surface area contributed by atoms with Gasteiger partial charge in [0.1, 0.15) is 5.82 Å². The summed E-state index contributed by atoms with van der Waals surface area (Å²) in [6.45, 7) is 2.28. The largest absolute Gasteiger partial charge is 0.337 e. The van der Waals surface area contributed by atoms with Gasteiger partial charge in [-0.2, -0.15) is 4.31 Å². The van der Waals surface area contributed by atoms with Crippen molar-refractivity contribution in [3.05, 3.63) is 12.0 Å². The molecule has 1 aliphatic rings. The van der Waals surface area contributed by atoms with Crippen molar-refractivity contribution in [1.29, 1.82) is 0 Å². The van der Waals surface area contributed by atoms with Crippen LogP contribution in [-0.2, 0) is 17.1 Å². The summed E-state index contributed by atoms with van der Waals surface area (Å²) in [5.74, 6) is 1.17. The first-order chi connectivity index (χ1) is 8.96. The third-order valence-electron chi connectivity index (χ3n) is 3.65. The molecule has 7 heteroatoms. The van der Waals surface area contributed by atoms with Crippen LogP contribution < -0.4 is 0 Å². The number of aromatic nitrogens is 2. The molecule has 108 valence electrons. The maximum absolute atomic E-state index is 12.6. The van der Waals surface area contributed by atoms with E-state index in [0.29, 0.717) is 24.7 Å². The van der Waals surface area contributed by atoms with Crippen LogP contribution in [0.2, 0.25) is 0 Å². The Morgan fingerprint density at radius 1 is 1.53 bits per heavy atom. The normalized spacial score (nSPS) is 16.8. The number of hydrogen-bond donors (Lipinski definition) is 0. The molecule has 0 spiro atoms. The molecule has 0 bridgehead atoms. The van der Waals surface area contributed by atoms with Crippen molar-refractivity contribution in [2.75, 3.05) is 12.4 Å². The first-order valence-corrected chi connectivity index (χ1v) is 8.52. The molecule has 0 atom stereocenters. The van der Waals surface area contributed by atoms with Crippen LogP contribution in [0, 0.1) is 6.92 Å². The van der Waals surface area contributed by atoms with Crippen LogP contribution in [-0.4, -0.2) is 40.7 Å². The van der Waals surface area contributed by atoms with Crippen LogP contribution in [0.1, 0.15) is 31.5 Å². The molecule has 0 saturated heterocycles. The lowest BCUT2D eigenvalue weighted by Crippen LogP contribution is -2.44. The molecule has 0 amide bonds. The van der Waals surface area contributed by atoms with Gasteiger partial charge in [0, 0.05) is 31.7 Å². The van der Waals surface area contributed by atoms with E-state index < -0.39 is 10.0 Å². The van der Waals surface area contributed by atoms with Crippen molar-refractivity contribution >= 4 is 21.6 Å². The maximum Gasteiger partial charge on any atom is 0.262 e. The zero-order valence-corrected chi connectivity index (χ0v) is 12.9. The highest BCUT2D eigenvalue weighted by Gasteiger charge is 2.35. The predicted molar refractivity (Wildman–Crippen MR) is 74.8 cm³/mol. The van der Waals surface area contributed by atoms with E-state index in [1.54, 1.807) is 29.0 Å². The SMILES string of the molecule is Cc1nc(S(=O)(=O)N(CCCCl)C2CCC2)cn1C. The van der Waals surface area contributed by atoms with Gasteiger partial charge in [-0.1, -0.05) is 6.42 Å². The number of aryl methyl sites for hydroxylation is 2. The Balaban J connectivity index is 2.27. The molecule has 0 N–H and O–H groups in total. The number of hydrogen-bond acceptors (Lipinski definition) is 3. The van der Waals surface area contributed by atoms with Crippen molar-refractivity contribution in [3.63, 3.8) is 0 Å². The molecule has 1 aliphatic carbocycles. The van der Waals surface area contributed by atoms with Crippen LogP contribution in [0.5, 0.6) is 0 Å². The highest BCUT2D eigenvalue weighted by atomic mass is 35.5. The zero-order valence-electron chi connectivity index (χ0n) is 11.3. The van der Waals surface area contributed by atoms with Gasteiger partial charge in [-0.25, -0.2) is 13.4 Å². The third kappa shape index (κ3) is 2.95. The minimum atomic E-state index is -3.49. The Labute approximate surface area is 119 Å². The van der Waals surface area contributed by atoms with Gasteiger partial charge in [-0.15, -0.1) is 11.6 Å². The quantitative estimate of drug-likeness (QED) is 0.754. The fourth-order valence-electron chi connectivity index (χ4n) is 2.16. The zero-order chi connectivity index (χ0) is 14.0. The number of sulfonamides is 1. The van der Waals surface area contributed by atoms with Gasteiger partial charge >= 0.3 is 0 Å². The standard InChI is InChI=1S/C12H20ClN3O2S/c1-10-14-12(9-15(10)2)19(17,18)16(8-4-7-13)11-5-3-6-11/h9,11H,3-8H2,1-2H3. The minimum Gasteiger partial charge on any atom is -0.337 e. The number of nitrogens with zero attached hydrogens (tertiary/aromatic N) is 3. The summed E-state index contributed by atoms with van der Waals surface area (Å²) in [5, 5.41) is 0.147. The average molecular weight is 306 g/mol. The second-order valence-corrected chi connectivity index (χ2v) is 7.20. The molecule has 19 heavy (non-hydrogen) atoms. The Kier molecular flexibility index (Phi) is 4.53. The Hall–Kier alpha value is -0.590. The van der Waals surface area contributed by atoms with E-state index in [0.717, 1.165) is 19.3 Å². The molecular formula is C12H20ClN3O2S. The van der Waals surface area contributed by atoms with Crippen molar-refractivity contribution in [2.45, 2.75) is 43.7 Å². The predicted octanol–water partition coefficient (Wildman–Crippen LogP) is 1.90. The molecule has 2 rings (SSSR count). The molecule has 1 heterocycles. The summed E-state index contributed by atoms with van der Waals surface area (Å²) in [6, 6.07) is 0.121. The summed E-state index contributed by atoms with van der Waals surface area (Å²) in [6.07, 6.45) is 5.22. The molecule has 0 aromatic carbocycles. The van der Waals surface area contributed by atoms with Gasteiger partial charge in [0.05, 0.1) is 0 Å². The lowest BCUT2D eigenvalue weighted by molar-refractivity contribution is 0.219. The van der Waals surface area contributed by atoms with Crippen LogP contribution in [0.15, 0.2) is 11.2 Å². The first kappa shape index (κ1) is 14.8. The summed E-state index contributed by atoms with van der Waals surface area (Å²) in [5.41, 5.74) is 0. The first-order valence-electron chi connectivity index (χ1n) is 6.54. The Morgan fingerprint density at radius 3 is 2.63 bits per heavy atom. The second kappa shape index (κ2) is 5.81. The Bertz CT molecular complexity index is 518. The van der Waals surface area contributed by atoms with E-state index in [9.17, 15) is 8.42 Å². The molecule has 1 fully saturated rings. The lowest BCUT2D eigenvalue weighted by Gasteiger charge is -2.35. The van der Waals surface area contributed by atoms with E-state index in [1.807, 2.05) is 0 Å². The van der Waals surface area contributed by atoms with E-state index in [2.05, 4.69) is 4.98 Å². The van der Waals surface area contributed by atoms with Gasteiger partial charge in [-0.05, 0) is 26.2 Å². The molecule has 5 nitrogen and oxygen atoms in total. The van der Waals surface area contributed by atoms with Gasteiger partial charge in [0.25, 0.3) is 10.0 Å². The number of imidazole rings is 1. The highest BCUT2D eigenvalue weighted by molar-refractivity contribution is 7.89. The van der Waals surface area contributed by atoms with E-state index >= 15 is 0 Å². The highest BCUT2D eigenvalue weighted by Crippen LogP contribution is 2.29. The van der Waals surface area contributed by atoms with Gasteiger partial charge in [-0.3, -0.25) is 0 Å². The average Bonchev–Trinajstić information content (AvgIpc) is 2.63. The van der Waals surface area contributed by atoms with E-state index in [1.165, 1.54) is 0 Å². The smallest absolute Gasteiger partial charge is 0.262 e. The topological polar surface area (TPSA) is 55.2 Å². The monoisotopic (exact) mass is 305 g/mol. The molecule has 0 radical (unpaired) electrons. The number of rotatable bonds is 6. The fourth-order valence-corrected chi connectivity index (χ4v) is 4.03. The van der Waals surface area contributed by atoms with Crippen LogP contribution >= 0.6 is 11.6 Å². The van der Waals surface area contributed by atoms with Crippen molar-refractivity contribution < 1.29 is 8.42 Å². The Morgan fingerprint density at radius 2 is 2.21 bits per heavy atom. The van der Waals surface area contributed by atoms with Crippen molar-refractivity contribution in [2.24, 2.45) is 7.05 Å². The fraction of sp³-hybridized carbons (Fsp3) is 0.750. The maximum atomic E-state index is 12.6.